The summed E-state index contributed by atoms with van der Waals surface area (Å²) in [5.41, 5.74) is 0.520. The Balaban J connectivity index is 2.11. The molecule has 2 unspecified atom stereocenters. The highest BCUT2D eigenvalue weighted by Crippen LogP contribution is 2.18. The minimum Gasteiger partial charge on any atom is -0.337 e. The quantitative estimate of drug-likeness (QED) is 0.848. The van der Waals surface area contributed by atoms with Crippen LogP contribution in [0.5, 0.6) is 0 Å². The summed E-state index contributed by atoms with van der Waals surface area (Å²) in [6.07, 6.45) is 1.44. The van der Waals surface area contributed by atoms with Gasteiger partial charge in [0.15, 0.2) is 11.1 Å². The summed E-state index contributed by atoms with van der Waals surface area (Å²) in [7, 11) is 0. The Morgan fingerprint density at radius 3 is 2.94 bits per heavy atom. The topological polar surface area (TPSA) is 57.6 Å². The first-order valence-corrected chi connectivity index (χ1v) is 7.27. The summed E-state index contributed by atoms with van der Waals surface area (Å²) in [6, 6.07) is 6.75. The van der Waals surface area contributed by atoms with Crippen LogP contribution in [0.1, 0.15) is 23.2 Å². The smallest absolute Gasteiger partial charge is 0.253 e. The molecule has 1 saturated heterocycles. The lowest BCUT2D eigenvalue weighted by Gasteiger charge is -2.31. The summed E-state index contributed by atoms with van der Waals surface area (Å²) in [5.74, 6) is -0.132. The van der Waals surface area contributed by atoms with E-state index < -0.39 is 11.1 Å². The molecule has 1 heterocycles. The van der Waals surface area contributed by atoms with Gasteiger partial charge in [-0.3, -0.25) is 4.79 Å². The molecule has 1 aliphatic rings. The van der Waals surface area contributed by atoms with Gasteiger partial charge in [-0.05, 0) is 31.0 Å². The number of piperidine rings is 1. The van der Waals surface area contributed by atoms with Crippen LogP contribution in [-0.2, 0) is 11.1 Å². The van der Waals surface area contributed by atoms with Crippen LogP contribution >= 0.6 is 11.6 Å². The highest BCUT2D eigenvalue weighted by molar-refractivity contribution is 7.79. The third kappa shape index (κ3) is 3.10. The molecule has 1 fully saturated rings. The van der Waals surface area contributed by atoms with Crippen molar-refractivity contribution in [3.05, 3.63) is 34.9 Å². The second-order valence-electron chi connectivity index (χ2n) is 4.30. The summed E-state index contributed by atoms with van der Waals surface area (Å²) in [6.45, 7) is 0.952. The van der Waals surface area contributed by atoms with Gasteiger partial charge < -0.3 is 9.45 Å². The lowest BCUT2D eigenvalue weighted by Crippen LogP contribution is -2.43. The van der Waals surface area contributed by atoms with E-state index >= 15 is 0 Å². The van der Waals surface area contributed by atoms with E-state index in [0.717, 1.165) is 6.42 Å². The molecule has 1 amide bonds. The zero-order valence-electron chi connectivity index (χ0n) is 9.71. The Kier molecular flexibility index (Phi) is 4.37. The molecule has 0 saturated carbocycles. The van der Waals surface area contributed by atoms with Crippen LogP contribution in [-0.4, -0.2) is 37.9 Å². The molecule has 0 bridgehead atoms. The maximum absolute atomic E-state index is 12.2. The van der Waals surface area contributed by atoms with Gasteiger partial charge in [0.2, 0.25) is 0 Å². The molecule has 1 N–H and O–H groups in total. The monoisotopic (exact) mass is 287 g/mol. The molecule has 4 nitrogen and oxygen atoms in total. The lowest BCUT2D eigenvalue weighted by molar-refractivity contribution is 0.0726. The van der Waals surface area contributed by atoms with Crippen LogP contribution in [0.2, 0.25) is 5.02 Å². The van der Waals surface area contributed by atoms with Crippen molar-refractivity contribution in [2.75, 3.05) is 13.1 Å². The van der Waals surface area contributed by atoms with Crippen LogP contribution in [0.25, 0.3) is 0 Å². The van der Waals surface area contributed by atoms with Gasteiger partial charge in [-0.1, -0.05) is 17.7 Å². The Morgan fingerprint density at radius 1 is 1.50 bits per heavy atom. The molecule has 0 aliphatic carbocycles. The van der Waals surface area contributed by atoms with Crippen LogP contribution in [0.4, 0.5) is 0 Å². The second-order valence-corrected chi connectivity index (χ2v) is 5.96. The first-order chi connectivity index (χ1) is 8.58. The fourth-order valence-corrected chi connectivity index (χ4v) is 2.96. The van der Waals surface area contributed by atoms with Crippen molar-refractivity contribution in [2.45, 2.75) is 18.1 Å². The molecule has 18 heavy (non-hydrogen) atoms. The fraction of sp³-hybridized carbons (Fsp3) is 0.417. The van der Waals surface area contributed by atoms with E-state index in [1.165, 1.54) is 0 Å². The third-order valence-electron chi connectivity index (χ3n) is 3.02. The minimum atomic E-state index is -1.87. The zero-order chi connectivity index (χ0) is 13.1. The maximum Gasteiger partial charge on any atom is 0.253 e. The number of halogens is 1. The molecule has 2 atom stereocenters. The van der Waals surface area contributed by atoms with E-state index in [1.54, 1.807) is 29.2 Å². The van der Waals surface area contributed by atoms with Gasteiger partial charge in [-0.25, -0.2) is 4.21 Å². The molecule has 1 aromatic rings. The van der Waals surface area contributed by atoms with E-state index in [4.69, 9.17) is 16.2 Å². The van der Waals surface area contributed by atoms with Crippen molar-refractivity contribution in [3.63, 3.8) is 0 Å². The molecule has 1 aromatic carbocycles. The summed E-state index contributed by atoms with van der Waals surface area (Å²) < 4.78 is 20.2. The lowest BCUT2D eigenvalue weighted by atomic mass is 10.1. The maximum atomic E-state index is 12.2. The molecule has 0 aromatic heterocycles. The molecule has 1 aliphatic heterocycles. The minimum absolute atomic E-state index is 0.132. The van der Waals surface area contributed by atoms with Crippen molar-refractivity contribution >= 4 is 28.6 Å². The number of likely N-dealkylation sites (tertiary alicyclic amines) is 1. The van der Waals surface area contributed by atoms with Gasteiger partial charge >= 0.3 is 0 Å². The van der Waals surface area contributed by atoms with Gasteiger partial charge in [-0.15, -0.1) is 0 Å². The van der Waals surface area contributed by atoms with Crippen molar-refractivity contribution in [3.8, 4) is 0 Å². The highest BCUT2D eigenvalue weighted by atomic mass is 35.5. The number of carbonyl (C=O) groups is 1. The Labute approximate surface area is 113 Å². The first kappa shape index (κ1) is 13.5. The van der Waals surface area contributed by atoms with Gasteiger partial charge in [0.1, 0.15) is 0 Å². The fourth-order valence-electron chi connectivity index (χ4n) is 2.09. The number of nitrogens with zero attached hydrogens (tertiary/aromatic N) is 1. The zero-order valence-corrected chi connectivity index (χ0v) is 11.3. The van der Waals surface area contributed by atoms with Crippen molar-refractivity contribution < 1.29 is 13.6 Å². The number of hydrogen-bond acceptors (Lipinski definition) is 2. The van der Waals surface area contributed by atoms with Gasteiger partial charge in [0.05, 0.1) is 5.25 Å². The third-order valence-corrected chi connectivity index (χ3v) is 4.21. The summed E-state index contributed by atoms with van der Waals surface area (Å²) >= 11 is 3.98. The number of hydrogen-bond donors (Lipinski definition) is 1. The van der Waals surface area contributed by atoms with Crippen molar-refractivity contribution in [2.24, 2.45) is 0 Å². The number of rotatable bonds is 2. The Hall–Kier alpha value is -0.910. The molecule has 98 valence electrons. The van der Waals surface area contributed by atoms with Gasteiger partial charge in [0.25, 0.3) is 5.91 Å². The molecule has 2 rings (SSSR count). The van der Waals surface area contributed by atoms with E-state index in [-0.39, 0.29) is 11.2 Å². The van der Waals surface area contributed by atoms with Crippen LogP contribution < -0.4 is 0 Å². The number of benzene rings is 1. The first-order valence-electron chi connectivity index (χ1n) is 5.72. The number of carbonyl (C=O) groups excluding carboxylic acids is 1. The predicted octanol–water partition coefficient (Wildman–Crippen LogP) is 2.17. The standard InChI is InChI=1S/C12H14ClNO3S/c13-10-4-1-3-9(7-10)12(15)14-6-2-5-11(8-14)18(16)17/h1,3-4,7,11H,2,5-6,8H2,(H,16,17). The largest absolute Gasteiger partial charge is 0.337 e. The average Bonchev–Trinajstić information content (AvgIpc) is 2.38. The normalized spacial score (nSPS) is 21.7. The average molecular weight is 288 g/mol. The van der Waals surface area contributed by atoms with Crippen molar-refractivity contribution in [1.82, 2.24) is 4.90 Å². The van der Waals surface area contributed by atoms with E-state index in [1.807, 2.05) is 0 Å². The van der Waals surface area contributed by atoms with Crippen LogP contribution in [0.15, 0.2) is 24.3 Å². The second kappa shape index (κ2) is 5.82. The Morgan fingerprint density at radius 2 is 2.28 bits per heavy atom. The van der Waals surface area contributed by atoms with E-state index in [9.17, 15) is 9.00 Å². The van der Waals surface area contributed by atoms with E-state index in [0.29, 0.717) is 30.1 Å². The van der Waals surface area contributed by atoms with Gasteiger partial charge in [0, 0.05) is 23.7 Å². The molecular formula is C12H14ClNO3S. The van der Waals surface area contributed by atoms with E-state index in [2.05, 4.69) is 0 Å². The highest BCUT2D eigenvalue weighted by Gasteiger charge is 2.27. The van der Waals surface area contributed by atoms with Crippen LogP contribution in [0, 0.1) is 0 Å². The Bertz CT molecular complexity index is 480. The molecule has 0 spiro atoms. The van der Waals surface area contributed by atoms with Crippen molar-refractivity contribution in [1.29, 1.82) is 0 Å². The SMILES string of the molecule is O=C(c1cccc(Cl)c1)N1CCCC(S(=O)O)C1. The molecular weight excluding hydrogens is 274 g/mol. The molecule has 0 radical (unpaired) electrons. The molecule has 6 heteroatoms. The van der Waals surface area contributed by atoms with Gasteiger partial charge in [-0.2, -0.15) is 0 Å². The summed E-state index contributed by atoms with van der Waals surface area (Å²) in [4.78, 5) is 13.8. The van der Waals surface area contributed by atoms with Crippen LogP contribution in [0.3, 0.4) is 0 Å². The number of amides is 1. The summed E-state index contributed by atoms with van der Waals surface area (Å²) in [5, 5.41) is 0.169. The predicted molar refractivity (Wildman–Crippen MR) is 71.1 cm³/mol.